The number of alkyl halides is 2. The Morgan fingerprint density at radius 3 is 2.29 bits per heavy atom. The van der Waals surface area contributed by atoms with Crippen molar-refractivity contribution in [3.05, 3.63) is 34.4 Å². The van der Waals surface area contributed by atoms with Crippen molar-refractivity contribution < 1.29 is 27.5 Å². The number of rotatable bonds is 2. The van der Waals surface area contributed by atoms with E-state index in [-0.39, 0.29) is 0 Å². The molecular weight excluding hydrogens is 264 g/mol. The summed E-state index contributed by atoms with van der Waals surface area (Å²) in [6, 6.07) is 1.35. The Bertz CT molecular complexity index is 517. The van der Waals surface area contributed by atoms with Crippen LogP contribution in [0.15, 0.2) is 12.1 Å². The smallest absolute Gasteiger partial charge is 0.320 e. The summed E-state index contributed by atoms with van der Waals surface area (Å²) in [7, 11) is 0. The van der Waals surface area contributed by atoms with E-state index in [0.29, 0.717) is 12.1 Å². The molecule has 0 heterocycles. The van der Waals surface area contributed by atoms with E-state index in [9.17, 15) is 22.4 Å². The highest BCUT2D eigenvalue weighted by Crippen LogP contribution is 2.62. The molecule has 2 rings (SSSR count). The van der Waals surface area contributed by atoms with Crippen LogP contribution in [0.5, 0.6) is 0 Å². The molecule has 0 bridgehead atoms. The molecule has 1 saturated carbocycles. The van der Waals surface area contributed by atoms with Crippen molar-refractivity contribution in [1.29, 1.82) is 0 Å². The van der Waals surface area contributed by atoms with E-state index in [1.165, 1.54) is 0 Å². The molecule has 0 spiro atoms. The van der Waals surface area contributed by atoms with Gasteiger partial charge in [-0.1, -0.05) is 17.7 Å². The molecule has 92 valence electrons. The first-order valence-corrected chi connectivity index (χ1v) is 4.87. The van der Waals surface area contributed by atoms with Crippen molar-refractivity contribution in [2.45, 2.75) is 17.8 Å². The highest BCUT2D eigenvalue weighted by molar-refractivity contribution is 6.31. The minimum Gasteiger partial charge on any atom is -0.480 e. The molecule has 1 aromatic carbocycles. The molecule has 0 aromatic heterocycles. The predicted octanol–water partition coefficient (Wildman–Crippen LogP) is 2.98. The maximum absolute atomic E-state index is 13.5. The normalized spacial score (nSPS) is 25.7. The lowest BCUT2D eigenvalue weighted by Gasteiger charge is -2.13. The molecule has 1 aromatic rings. The highest BCUT2D eigenvalue weighted by Gasteiger charge is 2.78. The lowest BCUT2D eigenvalue weighted by Crippen LogP contribution is -2.28. The first-order chi connectivity index (χ1) is 7.74. The Morgan fingerprint density at radius 2 is 1.88 bits per heavy atom. The van der Waals surface area contributed by atoms with Gasteiger partial charge in [-0.25, -0.2) is 17.6 Å². The second-order valence-corrected chi connectivity index (χ2v) is 4.19. The van der Waals surface area contributed by atoms with E-state index in [4.69, 9.17) is 16.7 Å². The Hall–Kier alpha value is -1.30. The Kier molecular flexibility index (Phi) is 2.40. The average Bonchev–Trinajstić information content (AvgIpc) is 2.80. The zero-order valence-corrected chi connectivity index (χ0v) is 8.86. The molecule has 17 heavy (non-hydrogen) atoms. The second kappa shape index (κ2) is 3.35. The molecule has 0 aliphatic heterocycles. The number of carbonyl (C=O) groups is 1. The minimum absolute atomic E-state index is 0.667. The summed E-state index contributed by atoms with van der Waals surface area (Å²) in [5.74, 6) is -7.99. The third kappa shape index (κ3) is 1.43. The summed E-state index contributed by atoms with van der Waals surface area (Å²) in [5.41, 5.74) is -3.42. The fourth-order valence-electron chi connectivity index (χ4n) is 1.78. The fraction of sp³-hybridized carbons (Fsp3) is 0.300. The van der Waals surface area contributed by atoms with Gasteiger partial charge in [-0.2, -0.15) is 0 Å². The van der Waals surface area contributed by atoms with Crippen molar-refractivity contribution in [2.75, 3.05) is 0 Å². The number of aliphatic carboxylic acids is 1. The third-order valence-electron chi connectivity index (χ3n) is 2.85. The summed E-state index contributed by atoms with van der Waals surface area (Å²) in [5, 5.41) is 7.81. The van der Waals surface area contributed by atoms with Gasteiger partial charge < -0.3 is 5.11 Å². The van der Waals surface area contributed by atoms with Gasteiger partial charge in [0.2, 0.25) is 0 Å². The van der Waals surface area contributed by atoms with E-state index in [0.717, 1.165) is 0 Å². The summed E-state index contributed by atoms with van der Waals surface area (Å²) in [4.78, 5) is 10.9. The van der Waals surface area contributed by atoms with Gasteiger partial charge in [-0.3, -0.25) is 4.79 Å². The van der Waals surface area contributed by atoms with Crippen LogP contribution in [-0.2, 0) is 10.2 Å². The summed E-state index contributed by atoms with van der Waals surface area (Å²) in [6.07, 6.45) is -1.02. The molecule has 7 heteroatoms. The molecule has 0 amide bonds. The lowest BCUT2D eigenvalue weighted by atomic mass is 9.94. The molecular formula is C10H5ClF4O2. The first-order valence-electron chi connectivity index (χ1n) is 4.49. The van der Waals surface area contributed by atoms with Gasteiger partial charge in [0.15, 0.2) is 5.41 Å². The van der Waals surface area contributed by atoms with Gasteiger partial charge in [0.1, 0.15) is 16.7 Å². The molecule has 1 aliphatic carbocycles. The number of carboxylic acid groups (broad SMARTS) is 1. The number of hydrogen-bond donors (Lipinski definition) is 1. The molecule has 0 saturated heterocycles. The van der Waals surface area contributed by atoms with E-state index in [1.807, 2.05) is 0 Å². The third-order valence-corrected chi connectivity index (χ3v) is 3.19. The zero-order valence-electron chi connectivity index (χ0n) is 8.11. The van der Waals surface area contributed by atoms with Gasteiger partial charge in [0, 0.05) is 12.0 Å². The van der Waals surface area contributed by atoms with Gasteiger partial charge in [-0.15, -0.1) is 0 Å². The van der Waals surface area contributed by atoms with E-state index < -0.39 is 45.9 Å². The van der Waals surface area contributed by atoms with E-state index in [2.05, 4.69) is 0 Å². The maximum Gasteiger partial charge on any atom is 0.320 e. The van der Waals surface area contributed by atoms with Crippen molar-refractivity contribution in [2.24, 2.45) is 0 Å². The van der Waals surface area contributed by atoms with Crippen LogP contribution in [0.3, 0.4) is 0 Å². The second-order valence-electron chi connectivity index (χ2n) is 3.81. The Balaban J connectivity index is 2.63. The van der Waals surface area contributed by atoms with Crippen molar-refractivity contribution in [3.8, 4) is 0 Å². The Morgan fingerprint density at radius 1 is 1.35 bits per heavy atom. The number of halogens is 5. The van der Waals surface area contributed by atoms with Gasteiger partial charge in [0.05, 0.1) is 0 Å². The van der Waals surface area contributed by atoms with Crippen LogP contribution in [0.25, 0.3) is 0 Å². The zero-order chi connectivity index (χ0) is 13.0. The summed E-state index contributed by atoms with van der Waals surface area (Å²) >= 11 is 5.23. The van der Waals surface area contributed by atoms with Crippen LogP contribution in [0, 0.1) is 11.6 Å². The molecule has 1 N–H and O–H groups in total. The van der Waals surface area contributed by atoms with Crippen molar-refractivity contribution >= 4 is 17.6 Å². The monoisotopic (exact) mass is 268 g/mol. The van der Waals surface area contributed by atoms with E-state index >= 15 is 0 Å². The van der Waals surface area contributed by atoms with Gasteiger partial charge >= 0.3 is 5.97 Å². The van der Waals surface area contributed by atoms with Crippen LogP contribution in [0.4, 0.5) is 17.6 Å². The molecule has 1 atom stereocenters. The SMILES string of the molecule is O=C(O)C1(c2ccc(F)c(Cl)c2F)CC1(F)F. The number of hydrogen-bond acceptors (Lipinski definition) is 1. The van der Waals surface area contributed by atoms with Crippen LogP contribution in [-0.4, -0.2) is 17.0 Å². The van der Waals surface area contributed by atoms with Crippen LogP contribution >= 0.6 is 11.6 Å². The Labute approximate surface area is 97.8 Å². The van der Waals surface area contributed by atoms with Crippen LogP contribution in [0.2, 0.25) is 5.02 Å². The molecule has 2 nitrogen and oxygen atoms in total. The number of benzene rings is 1. The fourth-order valence-corrected chi connectivity index (χ4v) is 1.95. The maximum atomic E-state index is 13.5. The average molecular weight is 269 g/mol. The van der Waals surface area contributed by atoms with Crippen LogP contribution < -0.4 is 0 Å². The predicted molar refractivity (Wildman–Crippen MR) is 50.2 cm³/mol. The standard InChI is InChI=1S/C10H5ClF4O2/c11-6-5(12)2-1-4(7(6)13)9(8(16)17)3-10(9,14)15/h1-2H,3H2,(H,16,17). The molecule has 1 aliphatic rings. The quantitative estimate of drug-likeness (QED) is 0.661. The van der Waals surface area contributed by atoms with Crippen LogP contribution in [0.1, 0.15) is 12.0 Å². The first kappa shape index (κ1) is 12.2. The number of carboxylic acids is 1. The van der Waals surface area contributed by atoms with Crippen molar-refractivity contribution in [3.63, 3.8) is 0 Å². The van der Waals surface area contributed by atoms with Gasteiger partial charge in [0.25, 0.3) is 5.92 Å². The summed E-state index contributed by atoms with van der Waals surface area (Å²) in [6.45, 7) is 0. The van der Waals surface area contributed by atoms with E-state index in [1.54, 1.807) is 0 Å². The van der Waals surface area contributed by atoms with Crippen molar-refractivity contribution in [1.82, 2.24) is 0 Å². The minimum atomic E-state index is -3.55. The van der Waals surface area contributed by atoms with Gasteiger partial charge in [-0.05, 0) is 6.07 Å². The highest BCUT2D eigenvalue weighted by atomic mass is 35.5. The molecule has 1 unspecified atom stereocenters. The topological polar surface area (TPSA) is 37.3 Å². The molecule has 1 fully saturated rings. The largest absolute Gasteiger partial charge is 0.480 e. The molecule has 0 radical (unpaired) electrons. The summed E-state index contributed by atoms with van der Waals surface area (Å²) < 4.78 is 52.6. The lowest BCUT2D eigenvalue weighted by molar-refractivity contribution is -0.143.